The van der Waals surface area contributed by atoms with Gasteiger partial charge in [-0.25, -0.2) is 0 Å². The van der Waals surface area contributed by atoms with Crippen LogP contribution >= 0.6 is 11.6 Å². The molecule has 0 saturated heterocycles. The fraction of sp³-hybridized carbons (Fsp3) is 0.400. The maximum absolute atomic E-state index is 5.90. The van der Waals surface area contributed by atoms with Crippen molar-refractivity contribution < 1.29 is 0 Å². The topological polar surface area (TPSA) is 29.9 Å². The number of nitrogens with zero attached hydrogens (tertiary/aromatic N) is 2. The Morgan fingerprint density at radius 2 is 1.89 bits per heavy atom. The Morgan fingerprint density at radius 3 is 2.53 bits per heavy atom. The second kappa shape index (κ2) is 6.22. The SMILES string of the molecule is CNCCc1c(C)nn(Cc2ccc(Cl)cc2)c1C. The van der Waals surface area contributed by atoms with Crippen molar-refractivity contribution in [1.82, 2.24) is 15.1 Å². The van der Waals surface area contributed by atoms with Crippen LogP contribution in [0.25, 0.3) is 0 Å². The summed E-state index contributed by atoms with van der Waals surface area (Å²) in [6.45, 7) is 6.00. The van der Waals surface area contributed by atoms with Gasteiger partial charge in [0.1, 0.15) is 0 Å². The smallest absolute Gasteiger partial charge is 0.0662 e. The van der Waals surface area contributed by atoms with Crippen LogP contribution in [0.2, 0.25) is 5.02 Å². The molecule has 0 radical (unpaired) electrons. The molecule has 2 rings (SSSR count). The molecule has 0 fully saturated rings. The van der Waals surface area contributed by atoms with Crippen molar-refractivity contribution in [3.8, 4) is 0 Å². The average molecular weight is 278 g/mol. The second-order valence-electron chi connectivity index (χ2n) is 4.79. The normalized spacial score (nSPS) is 10.9. The number of hydrogen-bond acceptors (Lipinski definition) is 2. The molecule has 1 N–H and O–H groups in total. The van der Waals surface area contributed by atoms with Crippen molar-refractivity contribution in [2.45, 2.75) is 26.8 Å². The first-order valence-electron chi connectivity index (χ1n) is 6.53. The number of hydrogen-bond donors (Lipinski definition) is 1. The quantitative estimate of drug-likeness (QED) is 0.911. The summed E-state index contributed by atoms with van der Waals surface area (Å²) in [6.07, 6.45) is 1.02. The molecule has 0 aliphatic rings. The third-order valence-electron chi connectivity index (χ3n) is 3.40. The highest BCUT2D eigenvalue weighted by Gasteiger charge is 2.11. The molecule has 19 heavy (non-hydrogen) atoms. The first-order chi connectivity index (χ1) is 9.11. The van der Waals surface area contributed by atoms with E-state index in [0.717, 1.165) is 30.2 Å². The zero-order valence-corrected chi connectivity index (χ0v) is 12.5. The highest BCUT2D eigenvalue weighted by molar-refractivity contribution is 6.30. The van der Waals surface area contributed by atoms with Crippen molar-refractivity contribution >= 4 is 11.6 Å². The molecule has 0 aliphatic heterocycles. The average Bonchev–Trinajstić information content (AvgIpc) is 2.65. The molecule has 4 heteroatoms. The molecule has 0 amide bonds. The van der Waals surface area contributed by atoms with Gasteiger partial charge >= 0.3 is 0 Å². The predicted molar refractivity (Wildman–Crippen MR) is 79.9 cm³/mol. The fourth-order valence-electron chi connectivity index (χ4n) is 2.26. The summed E-state index contributed by atoms with van der Waals surface area (Å²) in [7, 11) is 1.98. The lowest BCUT2D eigenvalue weighted by Gasteiger charge is -2.06. The molecule has 0 atom stereocenters. The van der Waals surface area contributed by atoms with Crippen LogP contribution in [-0.4, -0.2) is 23.4 Å². The number of likely N-dealkylation sites (N-methyl/N-ethyl adjacent to an activating group) is 1. The maximum atomic E-state index is 5.90. The number of aromatic nitrogens is 2. The summed E-state index contributed by atoms with van der Waals surface area (Å²) >= 11 is 5.90. The Labute approximate surface area is 119 Å². The van der Waals surface area contributed by atoms with Crippen LogP contribution in [0.1, 0.15) is 22.5 Å². The Bertz CT molecular complexity index is 543. The highest BCUT2D eigenvalue weighted by Crippen LogP contribution is 2.16. The van der Waals surface area contributed by atoms with Gasteiger partial charge in [0.05, 0.1) is 12.2 Å². The van der Waals surface area contributed by atoms with Crippen molar-refractivity contribution in [3.63, 3.8) is 0 Å². The molecule has 1 aromatic heterocycles. The summed E-state index contributed by atoms with van der Waals surface area (Å²) in [4.78, 5) is 0. The van der Waals surface area contributed by atoms with Gasteiger partial charge in [0.15, 0.2) is 0 Å². The minimum absolute atomic E-state index is 0.770. The van der Waals surface area contributed by atoms with Gasteiger partial charge < -0.3 is 5.32 Å². The Balaban J connectivity index is 2.19. The monoisotopic (exact) mass is 277 g/mol. The minimum Gasteiger partial charge on any atom is -0.319 e. The highest BCUT2D eigenvalue weighted by atomic mass is 35.5. The van der Waals surface area contributed by atoms with E-state index in [1.54, 1.807) is 0 Å². The van der Waals surface area contributed by atoms with E-state index in [2.05, 4.69) is 28.9 Å². The molecule has 102 valence electrons. The third-order valence-corrected chi connectivity index (χ3v) is 3.65. The molecule has 0 unspecified atom stereocenters. The molecule has 0 aliphatic carbocycles. The largest absolute Gasteiger partial charge is 0.319 e. The van der Waals surface area contributed by atoms with Crippen molar-refractivity contribution in [3.05, 3.63) is 51.8 Å². The Kier molecular flexibility index (Phi) is 4.61. The first-order valence-corrected chi connectivity index (χ1v) is 6.91. The molecular formula is C15H20ClN3. The number of benzene rings is 1. The maximum Gasteiger partial charge on any atom is 0.0662 e. The van der Waals surface area contributed by atoms with Crippen LogP contribution < -0.4 is 5.32 Å². The lowest BCUT2D eigenvalue weighted by Crippen LogP contribution is -2.11. The Hall–Kier alpha value is -1.32. The van der Waals surface area contributed by atoms with E-state index < -0.39 is 0 Å². The summed E-state index contributed by atoms with van der Waals surface area (Å²) in [5, 5.41) is 8.59. The summed E-state index contributed by atoms with van der Waals surface area (Å²) in [6, 6.07) is 7.94. The predicted octanol–water partition coefficient (Wildman–Crippen LogP) is 2.96. The van der Waals surface area contributed by atoms with Gasteiger partial charge in [0.25, 0.3) is 0 Å². The van der Waals surface area contributed by atoms with Crippen LogP contribution in [0.5, 0.6) is 0 Å². The van der Waals surface area contributed by atoms with Gasteiger partial charge in [-0.15, -0.1) is 0 Å². The van der Waals surface area contributed by atoms with Crippen LogP contribution in [0.3, 0.4) is 0 Å². The van der Waals surface area contributed by atoms with E-state index >= 15 is 0 Å². The van der Waals surface area contributed by atoms with Gasteiger partial charge in [-0.05, 0) is 57.1 Å². The second-order valence-corrected chi connectivity index (χ2v) is 5.22. The zero-order chi connectivity index (χ0) is 13.8. The Morgan fingerprint density at radius 1 is 1.21 bits per heavy atom. The summed E-state index contributed by atoms with van der Waals surface area (Å²) in [5.41, 5.74) is 4.95. The van der Waals surface area contributed by atoms with Gasteiger partial charge in [-0.3, -0.25) is 4.68 Å². The lowest BCUT2D eigenvalue weighted by molar-refractivity contribution is 0.657. The molecule has 2 aromatic rings. The molecule has 1 aromatic carbocycles. The molecule has 1 heterocycles. The van der Waals surface area contributed by atoms with Crippen molar-refractivity contribution in [2.24, 2.45) is 0 Å². The van der Waals surface area contributed by atoms with E-state index in [1.165, 1.54) is 16.8 Å². The van der Waals surface area contributed by atoms with E-state index in [-0.39, 0.29) is 0 Å². The van der Waals surface area contributed by atoms with Gasteiger partial charge in [0, 0.05) is 10.7 Å². The minimum atomic E-state index is 0.770. The van der Waals surface area contributed by atoms with Gasteiger partial charge in [-0.1, -0.05) is 23.7 Å². The van der Waals surface area contributed by atoms with Crippen LogP contribution in [0.4, 0.5) is 0 Å². The third kappa shape index (κ3) is 3.37. The van der Waals surface area contributed by atoms with Crippen molar-refractivity contribution in [1.29, 1.82) is 0 Å². The first kappa shape index (κ1) is 14.1. The molecule has 0 bridgehead atoms. The van der Waals surface area contributed by atoms with Crippen LogP contribution in [0.15, 0.2) is 24.3 Å². The van der Waals surface area contributed by atoms with E-state index in [9.17, 15) is 0 Å². The molecule has 0 saturated carbocycles. The molecule has 0 spiro atoms. The lowest BCUT2D eigenvalue weighted by atomic mass is 10.1. The summed E-state index contributed by atoms with van der Waals surface area (Å²) in [5.74, 6) is 0. The number of aryl methyl sites for hydroxylation is 1. The fourth-order valence-corrected chi connectivity index (χ4v) is 2.39. The number of nitrogens with one attached hydrogen (secondary N) is 1. The van der Waals surface area contributed by atoms with E-state index in [4.69, 9.17) is 11.6 Å². The number of halogens is 1. The number of rotatable bonds is 5. The van der Waals surface area contributed by atoms with Crippen LogP contribution in [0, 0.1) is 13.8 Å². The van der Waals surface area contributed by atoms with Gasteiger partial charge in [0.2, 0.25) is 0 Å². The zero-order valence-electron chi connectivity index (χ0n) is 11.7. The molecular weight excluding hydrogens is 258 g/mol. The van der Waals surface area contributed by atoms with E-state index in [1.807, 2.05) is 31.3 Å². The van der Waals surface area contributed by atoms with E-state index in [0.29, 0.717) is 0 Å². The summed E-state index contributed by atoms with van der Waals surface area (Å²) < 4.78 is 2.07. The standard InChI is InChI=1S/C15H20ClN3/c1-11-15(8-9-17-3)12(2)19(18-11)10-13-4-6-14(16)7-5-13/h4-7,17H,8-10H2,1-3H3. The van der Waals surface area contributed by atoms with Gasteiger partial charge in [-0.2, -0.15) is 5.10 Å². The molecule has 3 nitrogen and oxygen atoms in total. The van der Waals surface area contributed by atoms with Crippen LogP contribution in [-0.2, 0) is 13.0 Å². The van der Waals surface area contributed by atoms with Crippen molar-refractivity contribution in [2.75, 3.05) is 13.6 Å².